The number of nitrogens with one attached hydrogen (secondary N) is 3. The Morgan fingerprint density at radius 1 is 1.12 bits per heavy atom. The van der Waals surface area contributed by atoms with Crippen LogP contribution in [0.25, 0.3) is 11.0 Å². The molecule has 4 N–H and O–H groups in total. The monoisotopic (exact) mass is 567 g/mol. The SMILES string of the molecule is CC(C)n1nnc2ccc(Nc3ncc(N4CCCC(C(=O)NC5CC5)C4)c(NC4c5ccccc5C[C@H]4O)n3)cc21. The van der Waals surface area contributed by atoms with Crippen molar-refractivity contribution >= 4 is 40.1 Å². The minimum Gasteiger partial charge on any atom is -0.390 e. The molecule has 1 saturated carbocycles. The van der Waals surface area contributed by atoms with E-state index in [1.165, 1.54) is 0 Å². The summed E-state index contributed by atoms with van der Waals surface area (Å²) >= 11 is 0. The van der Waals surface area contributed by atoms with Crippen LogP contribution in [0.1, 0.15) is 62.7 Å². The maximum Gasteiger partial charge on any atom is 0.229 e. The maximum absolute atomic E-state index is 12.9. The summed E-state index contributed by atoms with van der Waals surface area (Å²) in [6.45, 7) is 5.56. The summed E-state index contributed by atoms with van der Waals surface area (Å²) < 4.78 is 1.89. The number of hydrogen-bond donors (Lipinski definition) is 4. The Morgan fingerprint density at radius 3 is 2.81 bits per heavy atom. The number of aliphatic hydroxyl groups excluding tert-OH is 1. The van der Waals surface area contributed by atoms with E-state index in [9.17, 15) is 9.90 Å². The first kappa shape index (κ1) is 26.6. The van der Waals surface area contributed by atoms with Crippen molar-refractivity contribution in [3.63, 3.8) is 0 Å². The van der Waals surface area contributed by atoms with E-state index >= 15 is 0 Å². The average molecular weight is 568 g/mol. The van der Waals surface area contributed by atoms with Crippen molar-refractivity contribution in [2.75, 3.05) is 28.6 Å². The number of carbonyl (C=O) groups excluding carboxylic acids is 1. The molecule has 0 radical (unpaired) electrons. The van der Waals surface area contributed by atoms with Gasteiger partial charge in [0.1, 0.15) is 5.52 Å². The molecule has 2 fully saturated rings. The lowest BCUT2D eigenvalue weighted by molar-refractivity contribution is -0.125. The van der Waals surface area contributed by atoms with E-state index < -0.39 is 6.10 Å². The lowest BCUT2D eigenvalue weighted by Crippen LogP contribution is -2.44. The van der Waals surface area contributed by atoms with Gasteiger partial charge in [-0.05, 0) is 68.9 Å². The molecule has 11 heteroatoms. The molecule has 7 rings (SSSR count). The van der Waals surface area contributed by atoms with E-state index in [1.54, 1.807) is 0 Å². The van der Waals surface area contributed by atoms with Crippen LogP contribution in [0.2, 0.25) is 0 Å². The zero-order chi connectivity index (χ0) is 28.8. The van der Waals surface area contributed by atoms with Crippen molar-refractivity contribution in [1.29, 1.82) is 0 Å². The third-order valence-corrected chi connectivity index (χ3v) is 8.54. The van der Waals surface area contributed by atoms with Crippen LogP contribution in [0.4, 0.5) is 23.1 Å². The molecule has 2 aromatic carbocycles. The van der Waals surface area contributed by atoms with Crippen LogP contribution in [0.15, 0.2) is 48.7 Å². The van der Waals surface area contributed by atoms with Gasteiger partial charge in [-0.1, -0.05) is 29.5 Å². The number of piperidine rings is 1. The Bertz CT molecular complexity index is 1620. The Kier molecular flexibility index (Phi) is 6.89. The number of fused-ring (bicyclic) bond motifs is 2. The van der Waals surface area contributed by atoms with Gasteiger partial charge in [-0.25, -0.2) is 9.67 Å². The lowest BCUT2D eigenvalue weighted by Gasteiger charge is -2.35. The summed E-state index contributed by atoms with van der Waals surface area (Å²) in [5, 5.41) is 29.7. The number of carbonyl (C=O) groups is 1. The number of anilines is 4. The summed E-state index contributed by atoms with van der Waals surface area (Å²) in [4.78, 5) is 24.8. The third kappa shape index (κ3) is 5.24. The number of aromatic nitrogens is 5. The van der Waals surface area contributed by atoms with Crippen molar-refractivity contribution in [2.24, 2.45) is 5.92 Å². The molecular formula is C31H37N9O2. The maximum atomic E-state index is 12.9. The molecule has 11 nitrogen and oxygen atoms in total. The number of rotatable bonds is 8. The average Bonchev–Trinajstić information content (AvgIpc) is 3.61. The molecule has 1 aliphatic heterocycles. The van der Waals surface area contributed by atoms with Crippen LogP contribution < -0.4 is 20.9 Å². The van der Waals surface area contributed by atoms with Crippen LogP contribution in [0.5, 0.6) is 0 Å². The molecule has 4 aromatic rings. The topological polar surface area (TPSA) is 133 Å². The fraction of sp³-hybridized carbons (Fsp3) is 0.452. The van der Waals surface area contributed by atoms with E-state index in [0.29, 0.717) is 30.8 Å². The van der Waals surface area contributed by atoms with Gasteiger partial charge in [0.15, 0.2) is 5.82 Å². The Balaban J connectivity index is 1.20. The quantitative estimate of drug-likeness (QED) is 0.248. The van der Waals surface area contributed by atoms with Crippen LogP contribution in [0, 0.1) is 5.92 Å². The first-order chi connectivity index (χ1) is 20.4. The number of benzene rings is 2. The van der Waals surface area contributed by atoms with Crippen molar-refractivity contribution in [2.45, 2.75) is 70.2 Å². The molecule has 0 bridgehead atoms. The third-order valence-electron chi connectivity index (χ3n) is 8.54. The fourth-order valence-electron chi connectivity index (χ4n) is 6.15. The summed E-state index contributed by atoms with van der Waals surface area (Å²) in [7, 11) is 0. The van der Waals surface area contributed by atoms with Crippen LogP contribution in [0.3, 0.4) is 0 Å². The Morgan fingerprint density at radius 2 is 1.98 bits per heavy atom. The van der Waals surface area contributed by atoms with Crippen molar-refractivity contribution in [1.82, 2.24) is 30.3 Å². The Labute approximate surface area is 244 Å². The van der Waals surface area contributed by atoms with E-state index in [2.05, 4.69) is 57.1 Å². The highest BCUT2D eigenvalue weighted by molar-refractivity contribution is 5.81. The van der Waals surface area contributed by atoms with Crippen LogP contribution in [-0.2, 0) is 11.2 Å². The normalized spacial score (nSPS) is 21.9. The molecule has 2 unspecified atom stereocenters. The standard InChI is InChI=1S/C31H37N9O2/c1-18(2)40-25-15-22(11-12-24(25)37-38-40)34-31-32-16-26(39-13-5-7-20(17-39)30(42)33-21-9-10-21)29(36-31)35-28-23-8-4-3-6-19(23)14-27(28)41/h3-4,6,8,11-12,15-16,18,20-21,27-28,41H,5,7,9-10,13-14,17H2,1-2H3,(H,33,42)(H2,32,34,35,36)/t20?,27-,28?/m1/s1. The largest absolute Gasteiger partial charge is 0.390 e. The Hall–Kier alpha value is -4.25. The first-order valence-corrected chi connectivity index (χ1v) is 15.0. The molecule has 218 valence electrons. The van der Waals surface area contributed by atoms with Gasteiger partial charge in [-0.2, -0.15) is 4.98 Å². The van der Waals surface area contributed by atoms with Crippen LogP contribution in [-0.4, -0.2) is 61.2 Å². The van der Waals surface area contributed by atoms with Gasteiger partial charge in [-0.15, -0.1) is 5.10 Å². The molecular weight excluding hydrogens is 530 g/mol. The predicted octanol–water partition coefficient (Wildman–Crippen LogP) is 4.11. The van der Waals surface area contributed by atoms with Crippen molar-refractivity contribution < 1.29 is 9.90 Å². The summed E-state index contributed by atoms with van der Waals surface area (Å²) in [6, 6.07) is 14.2. The number of nitrogens with zero attached hydrogens (tertiary/aromatic N) is 6. The smallest absolute Gasteiger partial charge is 0.229 e. The van der Waals surface area contributed by atoms with E-state index in [4.69, 9.17) is 9.97 Å². The second-order valence-electron chi connectivity index (χ2n) is 12.0. The van der Waals surface area contributed by atoms with Crippen molar-refractivity contribution in [3.05, 3.63) is 59.8 Å². The van der Waals surface area contributed by atoms with E-state index in [1.807, 2.05) is 41.2 Å². The molecule has 2 aromatic heterocycles. The van der Waals surface area contributed by atoms with Gasteiger partial charge in [0.2, 0.25) is 11.9 Å². The van der Waals surface area contributed by atoms with Gasteiger partial charge in [0.25, 0.3) is 0 Å². The zero-order valence-corrected chi connectivity index (χ0v) is 24.0. The lowest BCUT2D eigenvalue weighted by atomic mass is 9.96. The zero-order valence-electron chi connectivity index (χ0n) is 24.0. The van der Waals surface area contributed by atoms with Gasteiger partial charge in [0, 0.05) is 37.3 Å². The van der Waals surface area contributed by atoms with E-state index in [0.717, 1.165) is 65.8 Å². The highest BCUT2D eigenvalue weighted by Gasteiger charge is 2.34. The van der Waals surface area contributed by atoms with Crippen molar-refractivity contribution in [3.8, 4) is 0 Å². The number of hydrogen-bond acceptors (Lipinski definition) is 9. The molecule has 3 heterocycles. The highest BCUT2D eigenvalue weighted by Crippen LogP contribution is 2.38. The summed E-state index contributed by atoms with van der Waals surface area (Å²) in [5.41, 5.74) is 5.62. The molecule has 0 spiro atoms. The van der Waals surface area contributed by atoms with Gasteiger partial charge < -0.3 is 26.0 Å². The molecule has 1 amide bonds. The van der Waals surface area contributed by atoms with Crippen LogP contribution >= 0.6 is 0 Å². The van der Waals surface area contributed by atoms with Gasteiger partial charge in [0.05, 0.1) is 35.5 Å². The molecule has 3 aliphatic rings. The molecule has 1 saturated heterocycles. The molecule has 2 aliphatic carbocycles. The van der Waals surface area contributed by atoms with Gasteiger partial charge >= 0.3 is 0 Å². The predicted molar refractivity (Wildman–Crippen MR) is 162 cm³/mol. The number of aliphatic hydroxyl groups is 1. The minimum atomic E-state index is -0.578. The second kappa shape index (κ2) is 10.9. The summed E-state index contributed by atoms with van der Waals surface area (Å²) in [6.07, 6.45) is 5.77. The summed E-state index contributed by atoms with van der Waals surface area (Å²) in [5.74, 6) is 1.13. The van der Waals surface area contributed by atoms with E-state index in [-0.39, 0.29) is 23.9 Å². The first-order valence-electron chi connectivity index (χ1n) is 15.0. The van der Waals surface area contributed by atoms with Gasteiger partial charge in [-0.3, -0.25) is 4.79 Å². The second-order valence-corrected chi connectivity index (χ2v) is 12.0. The fourth-order valence-corrected chi connectivity index (χ4v) is 6.15. The molecule has 3 atom stereocenters. The molecule has 42 heavy (non-hydrogen) atoms. The highest BCUT2D eigenvalue weighted by atomic mass is 16.3. The number of amides is 1. The minimum absolute atomic E-state index is 0.0751.